The van der Waals surface area contributed by atoms with Crippen molar-refractivity contribution in [1.29, 1.82) is 5.26 Å². The summed E-state index contributed by atoms with van der Waals surface area (Å²) in [5, 5.41) is 11.8. The second kappa shape index (κ2) is 7.10. The molecule has 0 heterocycles. The van der Waals surface area contributed by atoms with Crippen LogP contribution in [0.2, 0.25) is 0 Å². The monoisotopic (exact) mass is 312 g/mol. The molecule has 5 heteroatoms. The SMILES string of the molecule is Cc1ccccc1/C=C/C(=O)OCC(=O)N[C@@](C)(C#N)C1CC1. The van der Waals surface area contributed by atoms with E-state index in [1.54, 1.807) is 13.0 Å². The number of nitrogens with one attached hydrogen (secondary N) is 1. The molecule has 0 aliphatic heterocycles. The average molecular weight is 312 g/mol. The fourth-order valence-corrected chi connectivity index (χ4v) is 2.32. The molecule has 0 unspecified atom stereocenters. The summed E-state index contributed by atoms with van der Waals surface area (Å²) in [6, 6.07) is 9.76. The van der Waals surface area contributed by atoms with E-state index >= 15 is 0 Å². The number of carbonyl (C=O) groups is 2. The fraction of sp³-hybridized carbons (Fsp3) is 0.389. The largest absolute Gasteiger partial charge is 0.452 e. The highest BCUT2D eigenvalue weighted by atomic mass is 16.5. The summed E-state index contributed by atoms with van der Waals surface area (Å²) < 4.78 is 4.91. The number of hydrogen-bond acceptors (Lipinski definition) is 4. The van der Waals surface area contributed by atoms with E-state index in [-0.39, 0.29) is 12.5 Å². The molecule has 1 aromatic rings. The van der Waals surface area contributed by atoms with E-state index in [1.807, 2.05) is 31.2 Å². The normalized spacial score (nSPS) is 16.4. The average Bonchev–Trinajstić information content (AvgIpc) is 3.37. The molecule has 1 aliphatic carbocycles. The first kappa shape index (κ1) is 16.8. The molecule has 23 heavy (non-hydrogen) atoms. The van der Waals surface area contributed by atoms with Gasteiger partial charge in [-0.05, 0) is 49.8 Å². The van der Waals surface area contributed by atoms with E-state index in [1.165, 1.54) is 6.08 Å². The Labute approximate surface area is 135 Å². The van der Waals surface area contributed by atoms with Crippen molar-refractivity contribution < 1.29 is 14.3 Å². The van der Waals surface area contributed by atoms with Crippen LogP contribution in [0.3, 0.4) is 0 Å². The first-order valence-corrected chi connectivity index (χ1v) is 7.57. The molecule has 5 nitrogen and oxygen atoms in total. The lowest BCUT2D eigenvalue weighted by molar-refractivity contribution is -0.144. The topological polar surface area (TPSA) is 79.2 Å². The molecule has 1 fully saturated rings. The Hall–Kier alpha value is -2.61. The minimum Gasteiger partial charge on any atom is -0.452 e. The van der Waals surface area contributed by atoms with E-state index < -0.39 is 17.4 Å². The van der Waals surface area contributed by atoms with E-state index in [9.17, 15) is 14.9 Å². The molecule has 0 saturated heterocycles. The number of hydrogen-bond donors (Lipinski definition) is 1. The van der Waals surface area contributed by atoms with Gasteiger partial charge in [-0.2, -0.15) is 5.26 Å². The van der Waals surface area contributed by atoms with Crippen molar-refractivity contribution >= 4 is 18.0 Å². The molecular weight excluding hydrogens is 292 g/mol. The van der Waals surface area contributed by atoms with Crippen molar-refractivity contribution in [2.24, 2.45) is 5.92 Å². The number of ether oxygens (including phenoxy) is 1. The quantitative estimate of drug-likeness (QED) is 0.646. The molecule has 0 radical (unpaired) electrons. The van der Waals surface area contributed by atoms with Crippen LogP contribution >= 0.6 is 0 Å². The predicted molar refractivity (Wildman–Crippen MR) is 86.1 cm³/mol. The van der Waals surface area contributed by atoms with Gasteiger partial charge in [0.25, 0.3) is 5.91 Å². The maximum absolute atomic E-state index is 11.8. The van der Waals surface area contributed by atoms with E-state index in [0.29, 0.717) is 0 Å². The second-order valence-electron chi connectivity index (χ2n) is 5.93. The van der Waals surface area contributed by atoms with Gasteiger partial charge >= 0.3 is 5.97 Å². The lowest BCUT2D eigenvalue weighted by Crippen LogP contribution is -2.48. The molecule has 0 spiro atoms. The summed E-state index contributed by atoms with van der Waals surface area (Å²) >= 11 is 0. The van der Waals surface area contributed by atoms with Crippen LogP contribution in [0.5, 0.6) is 0 Å². The summed E-state index contributed by atoms with van der Waals surface area (Å²) in [7, 11) is 0. The van der Waals surface area contributed by atoms with Crippen LogP contribution in [0, 0.1) is 24.2 Å². The molecule has 1 N–H and O–H groups in total. The van der Waals surface area contributed by atoms with Gasteiger partial charge < -0.3 is 10.1 Å². The Balaban J connectivity index is 1.81. The summed E-state index contributed by atoms with van der Waals surface area (Å²) in [4.78, 5) is 23.5. The standard InChI is InChI=1S/C18H20N2O3/c1-13-5-3-4-6-14(13)7-10-17(22)23-11-16(21)20-18(2,12-19)15-8-9-15/h3-7,10,15H,8-9,11H2,1-2H3,(H,20,21)/b10-7+/t18-/m0/s1. The van der Waals surface area contributed by atoms with E-state index in [2.05, 4.69) is 11.4 Å². The van der Waals surface area contributed by atoms with Crippen LogP contribution in [0.4, 0.5) is 0 Å². The Morgan fingerprint density at radius 2 is 2.13 bits per heavy atom. The first-order valence-electron chi connectivity index (χ1n) is 7.57. The van der Waals surface area contributed by atoms with Crippen LogP contribution in [0.1, 0.15) is 30.9 Å². The van der Waals surface area contributed by atoms with E-state index in [4.69, 9.17) is 4.74 Å². The third kappa shape index (κ3) is 4.68. The Kier molecular flexibility index (Phi) is 5.17. The minimum absolute atomic E-state index is 0.188. The number of nitriles is 1. The molecule has 1 saturated carbocycles. The highest BCUT2D eigenvalue weighted by molar-refractivity contribution is 5.89. The number of aryl methyl sites for hydroxylation is 1. The van der Waals surface area contributed by atoms with Gasteiger partial charge in [0.15, 0.2) is 6.61 Å². The Bertz CT molecular complexity index is 671. The number of benzene rings is 1. The van der Waals surface area contributed by atoms with Crippen LogP contribution < -0.4 is 5.32 Å². The summed E-state index contributed by atoms with van der Waals surface area (Å²) in [6.45, 7) is 3.25. The van der Waals surface area contributed by atoms with Crippen molar-refractivity contribution in [2.75, 3.05) is 6.61 Å². The molecule has 0 aromatic heterocycles. The summed E-state index contributed by atoms with van der Waals surface area (Å²) in [5.41, 5.74) is 1.09. The molecule has 0 bridgehead atoms. The Morgan fingerprint density at radius 3 is 2.74 bits per heavy atom. The lowest BCUT2D eigenvalue weighted by atomic mass is 9.98. The van der Waals surface area contributed by atoms with Crippen molar-refractivity contribution in [3.05, 3.63) is 41.5 Å². The second-order valence-corrected chi connectivity index (χ2v) is 5.93. The highest BCUT2D eigenvalue weighted by Crippen LogP contribution is 2.39. The molecule has 1 aliphatic rings. The molecule has 1 aromatic carbocycles. The van der Waals surface area contributed by atoms with Gasteiger partial charge in [0.2, 0.25) is 0 Å². The summed E-state index contributed by atoms with van der Waals surface area (Å²) in [5.74, 6) is -0.861. The zero-order chi connectivity index (χ0) is 16.9. The van der Waals surface area contributed by atoms with Gasteiger partial charge in [0, 0.05) is 6.08 Å². The predicted octanol–water partition coefficient (Wildman–Crippen LogP) is 2.36. The zero-order valence-corrected chi connectivity index (χ0v) is 13.3. The number of esters is 1. The fourth-order valence-electron chi connectivity index (χ4n) is 2.32. The molecule has 1 atom stereocenters. The van der Waals surface area contributed by atoms with Crippen LogP contribution in [-0.2, 0) is 14.3 Å². The maximum atomic E-state index is 11.8. The minimum atomic E-state index is -0.875. The van der Waals surface area contributed by atoms with Gasteiger partial charge in [-0.15, -0.1) is 0 Å². The molecule has 1 amide bonds. The third-order valence-corrected chi connectivity index (χ3v) is 3.96. The maximum Gasteiger partial charge on any atom is 0.331 e. The number of carbonyl (C=O) groups excluding carboxylic acids is 2. The smallest absolute Gasteiger partial charge is 0.331 e. The molecule has 120 valence electrons. The Morgan fingerprint density at radius 1 is 1.43 bits per heavy atom. The van der Waals surface area contributed by atoms with Crippen LogP contribution in [0.15, 0.2) is 30.3 Å². The summed E-state index contributed by atoms with van der Waals surface area (Å²) in [6.07, 6.45) is 4.81. The highest BCUT2D eigenvalue weighted by Gasteiger charge is 2.43. The van der Waals surface area contributed by atoms with Crippen molar-refractivity contribution in [2.45, 2.75) is 32.2 Å². The van der Waals surface area contributed by atoms with Gasteiger partial charge in [-0.25, -0.2) is 4.79 Å². The number of rotatable bonds is 6. The van der Waals surface area contributed by atoms with Gasteiger partial charge in [-0.1, -0.05) is 24.3 Å². The van der Waals surface area contributed by atoms with Crippen molar-refractivity contribution in [3.63, 3.8) is 0 Å². The van der Waals surface area contributed by atoms with Gasteiger partial charge in [-0.3, -0.25) is 4.79 Å². The lowest BCUT2D eigenvalue weighted by Gasteiger charge is -2.22. The van der Waals surface area contributed by atoms with E-state index in [0.717, 1.165) is 24.0 Å². The van der Waals surface area contributed by atoms with Crippen molar-refractivity contribution in [1.82, 2.24) is 5.32 Å². The van der Waals surface area contributed by atoms with Crippen LogP contribution in [0.25, 0.3) is 6.08 Å². The zero-order valence-electron chi connectivity index (χ0n) is 13.3. The van der Waals surface area contributed by atoms with Crippen molar-refractivity contribution in [3.8, 4) is 6.07 Å². The first-order chi connectivity index (χ1) is 10.9. The molecular formula is C18H20N2O3. The van der Waals surface area contributed by atoms with Gasteiger partial charge in [0.05, 0.1) is 6.07 Å². The number of nitrogens with zero attached hydrogens (tertiary/aromatic N) is 1. The molecule has 2 rings (SSSR count). The van der Waals surface area contributed by atoms with Gasteiger partial charge in [0.1, 0.15) is 5.54 Å². The van der Waals surface area contributed by atoms with Crippen LogP contribution in [-0.4, -0.2) is 24.0 Å². The number of amides is 1. The third-order valence-electron chi connectivity index (χ3n) is 3.96.